The van der Waals surface area contributed by atoms with E-state index in [-0.39, 0.29) is 0 Å². The number of phenolic OH excluding ortho intramolecular Hbond substituents is 1. The molecule has 0 amide bonds. The number of halogens is 1. The molecule has 0 spiro atoms. The molecule has 0 atom stereocenters. The van der Waals surface area contributed by atoms with Gasteiger partial charge in [-0.25, -0.2) is 0 Å². The van der Waals surface area contributed by atoms with Crippen molar-refractivity contribution in [1.29, 1.82) is 0 Å². The zero-order valence-electron chi connectivity index (χ0n) is 6.92. The molecule has 0 heterocycles. The van der Waals surface area contributed by atoms with Crippen LogP contribution in [0.2, 0.25) is 0 Å². The molecule has 0 aliphatic rings. The third-order valence-corrected chi connectivity index (χ3v) is 1.84. The summed E-state index contributed by atoms with van der Waals surface area (Å²) in [6.07, 6.45) is 2.48. The first-order chi connectivity index (χ1) is 5.74. The van der Waals surface area contributed by atoms with E-state index in [2.05, 4.69) is 0 Å². The van der Waals surface area contributed by atoms with E-state index in [0.717, 1.165) is 11.1 Å². The maximum atomic E-state index is 9.38. The monoisotopic (exact) mass is 182 g/mol. The highest BCUT2D eigenvalue weighted by molar-refractivity contribution is 6.25. The fraction of sp³-hybridized carbons (Fsp3) is 0.200. The Balaban J connectivity index is 2.89. The summed E-state index contributed by atoms with van der Waals surface area (Å²) in [5, 5.41) is 9.38. The Morgan fingerprint density at radius 1 is 1.50 bits per heavy atom. The Kier molecular flexibility index (Phi) is 3.18. The molecular weight excluding hydrogens is 172 g/mol. The van der Waals surface area contributed by atoms with E-state index in [9.17, 15) is 5.11 Å². The van der Waals surface area contributed by atoms with E-state index >= 15 is 0 Å². The van der Waals surface area contributed by atoms with Gasteiger partial charge in [0.25, 0.3) is 0 Å². The van der Waals surface area contributed by atoms with Crippen LogP contribution >= 0.6 is 11.6 Å². The first-order valence-electron chi connectivity index (χ1n) is 3.77. The van der Waals surface area contributed by atoms with Crippen LogP contribution in [0.15, 0.2) is 29.8 Å². The van der Waals surface area contributed by atoms with Gasteiger partial charge in [0.05, 0.1) is 0 Å². The summed E-state index contributed by atoms with van der Waals surface area (Å²) in [6, 6.07) is 5.53. The lowest BCUT2D eigenvalue weighted by atomic mass is 10.1. The maximum Gasteiger partial charge on any atom is 0.119 e. The van der Waals surface area contributed by atoms with Crippen molar-refractivity contribution in [3.63, 3.8) is 0 Å². The molecule has 0 aromatic heterocycles. The second kappa shape index (κ2) is 4.17. The Labute approximate surface area is 77.3 Å². The summed E-state index contributed by atoms with van der Waals surface area (Å²) in [5.74, 6) is 0.329. The highest BCUT2D eigenvalue weighted by Crippen LogP contribution is 2.18. The molecule has 0 aliphatic carbocycles. The minimum absolute atomic E-state index is 0.329. The molecule has 0 unspecified atom stereocenters. The van der Waals surface area contributed by atoms with Crippen LogP contribution < -0.4 is 0 Å². The fourth-order valence-corrected chi connectivity index (χ4v) is 1.14. The number of hydrogen-bond donors (Lipinski definition) is 1. The van der Waals surface area contributed by atoms with Gasteiger partial charge in [0.15, 0.2) is 0 Å². The standard InChI is InChI=1S/C10H11ClO/c1-8-4-5-10(12)9(7-8)3-2-6-11/h2,4-7,12H,3H2,1H3. The lowest BCUT2D eigenvalue weighted by Crippen LogP contribution is -1.83. The van der Waals surface area contributed by atoms with Crippen LogP contribution in [0.5, 0.6) is 5.75 Å². The molecule has 1 rings (SSSR count). The molecule has 1 N–H and O–H groups in total. The molecule has 1 aromatic rings. The lowest BCUT2D eigenvalue weighted by Gasteiger charge is -2.01. The van der Waals surface area contributed by atoms with Gasteiger partial charge >= 0.3 is 0 Å². The molecule has 64 valence electrons. The Morgan fingerprint density at radius 2 is 2.25 bits per heavy atom. The lowest BCUT2D eigenvalue weighted by molar-refractivity contribution is 0.469. The molecular formula is C10H11ClO. The van der Waals surface area contributed by atoms with Crippen LogP contribution in [0.1, 0.15) is 11.1 Å². The van der Waals surface area contributed by atoms with Crippen molar-refractivity contribution >= 4 is 11.6 Å². The normalized spacial score (nSPS) is 10.8. The van der Waals surface area contributed by atoms with Crippen molar-refractivity contribution < 1.29 is 5.11 Å². The van der Waals surface area contributed by atoms with Crippen molar-refractivity contribution in [2.45, 2.75) is 13.3 Å². The van der Waals surface area contributed by atoms with E-state index in [1.165, 1.54) is 5.54 Å². The summed E-state index contributed by atoms with van der Waals surface area (Å²) in [5.41, 5.74) is 3.51. The van der Waals surface area contributed by atoms with Crippen molar-refractivity contribution in [1.82, 2.24) is 0 Å². The third-order valence-electron chi connectivity index (χ3n) is 1.66. The van der Waals surface area contributed by atoms with Gasteiger partial charge in [0.1, 0.15) is 5.75 Å². The molecule has 0 saturated heterocycles. The van der Waals surface area contributed by atoms with Crippen LogP contribution in [0.3, 0.4) is 0 Å². The van der Waals surface area contributed by atoms with Gasteiger partial charge in [0, 0.05) is 5.54 Å². The highest BCUT2D eigenvalue weighted by Gasteiger charge is 1.97. The number of phenols is 1. The summed E-state index contributed by atoms with van der Waals surface area (Å²) in [7, 11) is 0. The predicted octanol–water partition coefficient (Wildman–Crippen LogP) is 3.00. The molecule has 1 nitrogen and oxygen atoms in total. The van der Waals surface area contributed by atoms with E-state index < -0.39 is 0 Å². The van der Waals surface area contributed by atoms with Crippen LogP contribution in [-0.2, 0) is 6.42 Å². The number of rotatable bonds is 2. The number of hydrogen-bond acceptors (Lipinski definition) is 1. The van der Waals surface area contributed by atoms with Gasteiger partial charge in [-0.3, -0.25) is 0 Å². The van der Waals surface area contributed by atoms with Crippen LogP contribution in [-0.4, -0.2) is 5.11 Å². The van der Waals surface area contributed by atoms with E-state index in [1.54, 1.807) is 12.1 Å². The topological polar surface area (TPSA) is 20.2 Å². The average molecular weight is 183 g/mol. The minimum Gasteiger partial charge on any atom is -0.508 e. The van der Waals surface area contributed by atoms with Crippen molar-refractivity contribution in [3.8, 4) is 5.75 Å². The highest BCUT2D eigenvalue weighted by atomic mass is 35.5. The van der Waals surface area contributed by atoms with Gasteiger partial charge in [-0.1, -0.05) is 35.4 Å². The largest absolute Gasteiger partial charge is 0.508 e. The second-order valence-electron chi connectivity index (χ2n) is 2.70. The first-order valence-corrected chi connectivity index (χ1v) is 4.21. The summed E-state index contributed by atoms with van der Waals surface area (Å²) < 4.78 is 0. The summed E-state index contributed by atoms with van der Waals surface area (Å²) >= 11 is 5.38. The third kappa shape index (κ3) is 2.28. The summed E-state index contributed by atoms with van der Waals surface area (Å²) in [4.78, 5) is 0. The molecule has 12 heavy (non-hydrogen) atoms. The van der Waals surface area contributed by atoms with Gasteiger partial charge in [-0.2, -0.15) is 0 Å². The van der Waals surface area contributed by atoms with E-state index in [1.807, 2.05) is 19.1 Å². The number of allylic oxidation sites excluding steroid dienone is 1. The fourth-order valence-electron chi connectivity index (χ4n) is 1.05. The van der Waals surface area contributed by atoms with Gasteiger partial charge in [0.2, 0.25) is 0 Å². The molecule has 0 aliphatic heterocycles. The van der Waals surface area contributed by atoms with Crippen molar-refractivity contribution in [2.75, 3.05) is 0 Å². The number of benzene rings is 1. The molecule has 2 heteroatoms. The predicted molar refractivity (Wildman–Crippen MR) is 51.5 cm³/mol. The van der Waals surface area contributed by atoms with Crippen LogP contribution in [0, 0.1) is 6.92 Å². The first kappa shape index (κ1) is 9.14. The maximum absolute atomic E-state index is 9.38. The quantitative estimate of drug-likeness (QED) is 0.746. The van der Waals surface area contributed by atoms with Gasteiger partial charge in [-0.15, -0.1) is 0 Å². The molecule has 0 bridgehead atoms. The Morgan fingerprint density at radius 3 is 2.92 bits per heavy atom. The summed E-state index contributed by atoms with van der Waals surface area (Å²) in [6.45, 7) is 1.99. The Hall–Kier alpha value is -0.950. The van der Waals surface area contributed by atoms with Gasteiger partial charge in [-0.05, 0) is 25.0 Å². The SMILES string of the molecule is Cc1ccc(O)c(CC=CCl)c1. The second-order valence-corrected chi connectivity index (χ2v) is 2.95. The molecule has 0 fully saturated rings. The number of aryl methyl sites for hydroxylation is 1. The molecule has 0 saturated carbocycles. The van der Waals surface area contributed by atoms with E-state index in [0.29, 0.717) is 12.2 Å². The number of aromatic hydroxyl groups is 1. The van der Waals surface area contributed by atoms with Crippen molar-refractivity contribution in [2.24, 2.45) is 0 Å². The minimum atomic E-state index is 0.329. The van der Waals surface area contributed by atoms with E-state index in [4.69, 9.17) is 11.6 Å². The zero-order chi connectivity index (χ0) is 8.97. The van der Waals surface area contributed by atoms with Crippen LogP contribution in [0.4, 0.5) is 0 Å². The smallest absolute Gasteiger partial charge is 0.119 e. The zero-order valence-corrected chi connectivity index (χ0v) is 7.67. The van der Waals surface area contributed by atoms with Crippen molar-refractivity contribution in [3.05, 3.63) is 40.9 Å². The molecule has 1 aromatic carbocycles. The molecule has 0 radical (unpaired) electrons. The van der Waals surface area contributed by atoms with Gasteiger partial charge < -0.3 is 5.11 Å². The van der Waals surface area contributed by atoms with Crippen LogP contribution in [0.25, 0.3) is 0 Å². The Bertz CT molecular complexity index is 292. The average Bonchev–Trinajstić information content (AvgIpc) is 2.07.